The summed E-state index contributed by atoms with van der Waals surface area (Å²) in [6.45, 7) is 5.94. The lowest BCUT2D eigenvalue weighted by molar-refractivity contribution is -0.114. The number of nitrogens with one attached hydrogen (secondary N) is 3. The molecule has 1 aliphatic heterocycles. The number of likely N-dealkylation sites (tertiary alicyclic amines) is 1. The van der Waals surface area contributed by atoms with Crippen molar-refractivity contribution in [3.8, 4) is 0 Å². The van der Waals surface area contributed by atoms with Crippen LogP contribution in [-0.2, 0) is 17.8 Å². The maximum absolute atomic E-state index is 12.9. The number of carbonyl (C=O) groups is 3. The number of hydrogen-bond acceptors (Lipinski definition) is 5. The molecule has 1 aromatic heterocycles. The molecule has 192 valence electrons. The van der Waals surface area contributed by atoms with Crippen molar-refractivity contribution in [3.05, 3.63) is 93.7 Å². The van der Waals surface area contributed by atoms with Crippen LogP contribution < -0.4 is 10.6 Å². The molecule has 3 aromatic rings. The molecule has 4 rings (SSSR count). The number of aromatic nitrogens is 2. The highest BCUT2D eigenvalue weighted by Gasteiger charge is 2.24. The van der Waals surface area contributed by atoms with E-state index in [4.69, 9.17) is 23.2 Å². The molecule has 0 unspecified atom stereocenters. The lowest BCUT2D eigenvalue weighted by Gasteiger charge is -2.32. The zero-order valence-electron chi connectivity index (χ0n) is 20.1. The van der Waals surface area contributed by atoms with E-state index in [2.05, 4.69) is 44.4 Å². The quantitative estimate of drug-likeness (QED) is 0.343. The predicted molar refractivity (Wildman–Crippen MR) is 144 cm³/mol. The van der Waals surface area contributed by atoms with Crippen LogP contribution in [0.3, 0.4) is 0 Å². The summed E-state index contributed by atoms with van der Waals surface area (Å²) >= 11 is 12.2. The Balaban J connectivity index is 1.30. The maximum Gasteiger partial charge on any atom is 0.271 e. The van der Waals surface area contributed by atoms with E-state index in [0.717, 1.165) is 43.6 Å². The van der Waals surface area contributed by atoms with Crippen LogP contribution in [0.15, 0.2) is 61.3 Å². The number of piperidine rings is 1. The Morgan fingerprint density at radius 1 is 1.05 bits per heavy atom. The summed E-state index contributed by atoms with van der Waals surface area (Å²) in [7, 11) is 0. The van der Waals surface area contributed by atoms with Crippen molar-refractivity contribution in [1.82, 2.24) is 20.4 Å². The molecule has 2 amide bonds. The first-order chi connectivity index (χ1) is 17.8. The van der Waals surface area contributed by atoms with Gasteiger partial charge in [-0.15, -0.1) is 0 Å². The number of halogens is 2. The molecule has 2 aromatic carbocycles. The first-order valence-electron chi connectivity index (χ1n) is 11.9. The van der Waals surface area contributed by atoms with Gasteiger partial charge in [0.2, 0.25) is 0 Å². The highest BCUT2D eigenvalue weighted by Crippen LogP contribution is 2.26. The third-order valence-corrected chi connectivity index (χ3v) is 6.86. The molecule has 0 saturated carbocycles. The number of anilines is 1. The molecule has 37 heavy (non-hydrogen) atoms. The van der Waals surface area contributed by atoms with Crippen LogP contribution in [0.5, 0.6) is 0 Å². The van der Waals surface area contributed by atoms with Crippen LogP contribution in [0.25, 0.3) is 0 Å². The van der Waals surface area contributed by atoms with E-state index in [1.807, 2.05) is 12.1 Å². The highest BCUT2D eigenvalue weighted by molar-refractivity contribution is 6.40. The number of allylic oxidation sites excluding steroid dienone is 1. The summed E-state index contributed by atoms with van der Waals surface area (Å²) in [6, 6.07) is 12.8. The Bertz CT molecular complexity index is 1290. The average molecular weight is 540 g/mol. The minimum Gasteiger partial charge on any atom is -0.348 e. The van der Waals surface area contributed by atoms with Gasteiger partial charge < -0.3 is 10.6 Å². The molecule has 8 nitrogen and oxygen atoms in total. The van der Waals surface area contributed by atoms with E-state index in [9.17, 15) is 14.4 Å². The third kappa shape index (κ3) is 6.85. The largest absolute Gasteiger partial charge is 0.348 e. The molecule has 0 bridgehead atoms. The summed E-state index contributed by atoms with van der Waals surface area (Å²) in [6.07, 6.45) is 4.64. The lowest BCUT2D eigenvalue weighted by atomic mass is 10.0. The lowest BCUT2D eigenvalue weighted by Crippen LogP contribution is -2.44. The minimum absolute atomic E-state index is 0.00126. The molecule has 1 aliphatic rings. The maximum atomic E-state index is 12.9. The van der Waals surface area contributed by atoms with E-state index in [0.29, 0.717) is 6.42 Å². The molecule has 0 radical (unpaired) electrons. The number of nitrogens with zero attached hydrogens (tertiary/aromatic N) is 2. The number of aromatic amines is 1. The van der Waals surface area contributed by atoms with E-state index in [-0.39, 0.29) is 44.7 Å². The molecule has 3 N–H and O–H groups in total. The number of hydrogen-bond donors (Lipinski definition) is 3. The van der Waals surface area contributed by atoms with Gasteiger partial charge in [0.25, 0.3) is 11.8 Å². The Labute approximate surface area is 225 Å². The Morgan fingerprint density at radius 2 is 1.73 bits per heavy atom. The second-order valence-corrected chi connectivity index (χ2v) is 9.71. The molecule has 0 atom stereocenters. The second kappa shape index (κ2) is 12.2. The van der Waals surface area contributed by atoms with Gasteiger partial charge in [0.1, 0.15) is 5.69 Å². The van der Waals surface area contributed by atoms with Crippen LogP contribution in [0, 0.1) is 0 Å². The first-order valence-corrected chi connectivity index (χ1v) is 12.6. The van der Waals surface area contributed by atoms with E-state index >= 15 is 0 Å². The predicted octanol–water partition coefficient (Wildman–Crippen LogP) is 4.66. The van der Waals surface area contributed by atoms with Crippen molar-refractivity contribution in [3.63, 3.8) is 0 Å². The van der Waals surface area contributed by atoms with Crippen LogP contribution in [0.2, 0.25) is 10.0 Å². The first kappa shape index (κ1) is 26.6. The SMILES string of the molecule is C=CC(=O)Cc1cccc(CN2CCC(NC(=O)c3[nH]ncc3NC(=O)c3c(Cl)cccc3Cl)CC2)c1. The Hall–Kier alpha value is -3.46. The number of rotatable bonds is 9. The fourth-order valence-electron chi connectivity index (χ4n) is 4.32. The van der Waals surface area contributed by atoms with Gasteiger partial charge in [0.05, 0.1) is 27.5 Å². The van der Waals surface area contributed by atoms with Gasteiger partial charge in [-0.05, 0) is 42.2 Å². The fraction of sp³-hybridized carbons (Fsp3) is 0.259. The van der Waals surface area contributed by atoms with Gasteiger partial charge >= 0.3 is 0 Å². The number of H-pyrrole nitrogens is 1. The van der Waals surface area contributed by atoms with E-state index < -0.39 is 5.91 Å². The summed E-state index contributed by atoms with van der Waals surface area (Å²) in [5.74, 6) is -0.880. The summed E-state index contributed by atoms with van der Waals surface area (Å²) in [5, 5.41) is 12.7. The molecule has 0 spiro atoms. The van der Waals surface area contributed by atoms with Gasteiger partial charge in [0, 0.05) is 32.1 Å². The monoisotopic (exact) mass is 539 g/mol. The summed E-state index contributed by atoms with van der Waals surface area (Å²) < 4.78 is 0. The number of amides is 2. The molecule has 1 saturated heterocycles. The van der Waals surface area contributed by atoms with Crippen molar-refractivity contribution in [2.45, 2.75) is 31.8 Å². The van der Waals surface area contributed by atoms with Crippen molar-refractivity contribution >= 4 is 46.5 Å². The Morgan fingerprint density at radius 3 is 2.43 bits per heavy atom. The van der Waals surface area contributed by atoms with Crippen molar-refractivity contribution in [1.29, 1.82) is 0 Å². The van der Waals surface area contributed by atoms with Crippen LogP contribution in [-0.4, -0.2) is 51.8 Å². The molecule has 2 heterocycles. The van der Waals surface area contributed by atoms with Gasteiger partial charge in [-0.1, -0.05) is 60.1 Å². The van der Waals surface area contributed by atoms with Crippen molar-refractivity contribution in [2.24, 2.45) is 0 Å². The van der Waals surface area contributed by atoms with Gasteiger partial charge in [0.15, 0.2) is 5.78 Å². The molecular formula is C27H27Cl2N5O3. The minimum atomic E-state index is -0.530. The number of benzene rings is 2. The number of ketones is 1. The van der Waals surface area contributed by atoms with Gasteiger partial charge in [-0.3, -0.25) is 24.4 Å². The summed E-state index contributed by atoms with van der Waals surface area (Å²) in [4.78, 5) is 39.6. The van der Waals surface area contributed by atoms with Crippen LogP contribution in [0.4, 0.5) is 5.69 Å². The molecule has 1 fully saturated rings. The van der Waals surface area contributed by atoms with Gasteiger partial charge in [-0.2, -0.15) is 5.10 Å². The molecule has 0 aliphatic carbocycles. The molecular weight excluding hydrogens is 513 g/mol. The standard InChI is InChI=1S/C27H27Cl2N5O3/c1-2-20(35)14-17-5-3-6-18(13-17)16-34-11-9-19(10-12-34)31-27(37)25-23(15-30-33-25)32-26(36)24-21(28)7-4-8-22(24)29/h2-8,13,15,19H,1,9-12,14,16H2,(H,30,33)(H,31,37)(H,32,36). The van der Waals surface area contributed by atoms with Gasteiger partial charge in [-0.25, -0.2) is 0 Å². The average Bonchev–Trinajstić information content (AvgIpc) is 3.33. The van der Waals surface area contributed by atoms with E-state index in [1.165, 1.54) is 12.3 Å². The van der Waals surface area contributed by atoms with E-state index in [1.54, 1.807) is 18.2 Å². The van der Waals surface area contributed by atoms with Crippen molar-refractivity contribution < 1.29 is 14.4 Å². The summed E-state index contributed by atoms with van der Waals surface area (Å²) in [5.41, 5.74) is 2.65. The van der Waals surface area contributed by atoms with Crippen molar-refractivity contribution in [2.75, 3.05) is 18.4 Å². The van der Waals surface area contributed by atoms with Crippen LogP contribution in [0.1, 0.15) is 44.8 Å². The zero-order chi connectivity index (χ0) is 26.4. The number of carbonyl (C=O) groups excluding carboxylic acids is 3. The molecule has 10 heteroatoms. The normalized spacial score (nSPS) is 14.2. The smallest absolute Gasteiger partial charge is 0.271 e. The second-order valence-electron chi connectivity index (χ2n) is 8.90. The fourth-order valence-corrected chi connectivity index (χ4v) is 4.89. The van der Waals surface area contributed by atoms with Crippen LogP contribution >= 0.6 is 23.2 Å². The zero-order valence-corrected chi connectivity index (χ0v) is 21.6. The topological polar surface area (TPSA) is 107 Å². The Kier molecular flexibility index (Phi) is 8.76. The highest BCUT2D eigenvalue weighted by atomic mass is 35.5. The third-order valence-electron chi connectivity index (χ3n) is 6.23.